The van der Waals surface area contributed by atoms with Gasteiger partial charge in [0.15, 0.2) is 0 Å². The third kappa shape index (κ3) is 6.99. The number of amides is 2. The molecule has 220 valence electrons. The number of nitrogens with one attached hydrogen (secondary N) is 1. The van der Waals surface area contributed by atoms with Gasteiger partial charge in [0.1, 0.15) is 12.6 Å². The molecule has 2 atom stereocenters. The third-order valence-electron chi connectivity index (χ3n) is 8.33. The Morgan fingerprint density at radius 3 is 2.26 bits per heavy atom. The van der Waals surface area contributed by atoms with Gasteiger partial charge in [0.2, 0.25) is 5.91 Å². The highest BCUT2D eigenvalue weighted by Gasteiger charge is 2.34. The number of likely N-dealkylation sites (tertiary alicyclic amines) is 1. The lowest BCUT2D eigenvalue weighted by atomic mass is 9.97. The van der Waals surface area contributed by atoms with E-state index in [0.717, 1.165) is 47.1 Å². The highest BCUT2D eigenvalue weighted by molar-refractivity contribution is 5.86. The van der Waals surface area contributed by atoms with Crippen LogP contribution in [0.1, 0.15) is 54.7 Å². The summed E-state index contributed by atoms with van der Waals surface area (Å²) in [5, 5.41) is 12.1. The smallest absolute Gasteiger partial charge is 0.407 e. The molecule has 2 N–H and O–H groups in total. The molecular formula is C34H39N3O5. The molecule has 3 aromatic rings. The molecule has 42 heavy (non-hydrogen) atoms. The molecule has 0 aromatic heterocycles. The lowest BCUT2D eigenvalue weighted by Gasteiger charge is -2.38. The highest BCUT2D eigenvalue weighted by Crippen LogP contribution is 2.44. The van der Waals surface area contributed by atoms with Crippen molar-refractivity contribution in [2.45, 2.75) is 56.7 Å². The number of carboxylic acids is 1. The van der Waals surface area contributed by atoms with E-state index >= 15 is 0 Å². The number of likely N-dealkylation sites (N-methyl/N-ethyl adjacent to an activating group) is 1. The van der Waals surface area contributed by atoms with Crippen LogP contribution in [0.15, 0.2) is 78.9 Å². The quantitative estimate of drug-likeness (QED) is 0.326. The number of piperidine rings is 1. The Morgan fingerprint density at radius 1 is 0.952 bits per heavy atom. The van der Waals surface area contributed by atoms with Gasteiger partial charge < -0.3 is 20.1 Å². The standard InChI is InChI=1S/C34H39N3O5/c1-36(21-24-11-3-2-4-12-24)22-31(33(40)37-20-10-9-13-25(37)18-19-32(38)39)35-34(41)42-23-30-28-16-7-5-14-26(28)27-15-6-8-17-29(27)30/h2-8,11-12,14-17,25,30-31H,9-10,13,18-23H2,1H3,(H,35,41)(H,38,39). The van der Waals surface area contributed by atoms with Gasteiger partial charge in [-0.3, -0.25) is 14.5 Å². The first-order chi connectivity index (χ1) is 20.4. The summed E-state index contributed by atoms with van der Waals surface area (Å²) in [5.74, 6) is -1.15. The molecule has 1 aliphatic carbocycles. The van der Waals surface area contributed by atoms with Gasteiger partial charge in [-0.2, -0.15) is 0 Å². The summed E-state index contributed by atoms with van der Waals surface area (Å²) in [6.07, 6.45) is 2.34. The molecule has 8 nitrogen and oxygen atoms in total. The van der Waals surface area contributed by atoms with Crippen LogP contribution in [0.3, 0.4) is 0 Å². The number of fused-ring (bicyclic) bond motifs is 3. The molecule has 1 aliphatic heterocycles. The molecule has 2 unspecified atom stereocenters. The number of rotatable bonds is 11. The molecule has 2 amide bonds. The van der Waals surface area contributed by atoms with Crippen molar-refractivity contribution in [1.82, 2.24) is 15.1 Å². The Morgan fingerprint density at radius 2 is 1.60 bits per heavy atom. The molecule has 8 heteroatoms. The van der Waals surface area contributed by atoms with Crippen molar-refractivity contribution in [3.63, 3.8) is 0 Å². The predicted molar refractivity (Wildman–Crippen MR) is 161 cm³/mol. The number of carboxylic acid groups (broad SMARTS) is 1. The summed E-state index contributed by atoms with van der Waals surface area (Å²) in [6.45, 7) is 1.61. The number of nitrogens with zero attached hydrogens (tertiary/aromatic N) is 2. The van der Waals surface area contributed by atoms with E-state index in [2.05, 4.69) is 29.6 Å². The van der Waals surface area contributed by atoms with Crippen LogP contribution in [-0.2, 0) is 20.9 Å². The van der Waals surface area contributed by atoms with Crippen molar-refractivity contribution < 1.29 is 24.2 Å². The Labute approximate surface area is 247 Å². The Balaban J connectivity index is 1.29. The second-order valence-corrected chi connectivity index (χ2v) is 11.3. The first kappa shape index (κ1) is 29.3. The third-order valence-corrected chi connectivity index (χ3v) is 8.33. The van der Waals surface area contributed by atoms with E-state index in [4.69, 9.17) is 4.74 Å². The van der Waals surface area contributed by atoms with E-state index in [1.807, 2.05) is 66.5 Å². The van der Waals surface area contributed by atoms with Gasteiger partial charge in [-0.1, -0.05) is 78.9 Å². The number of ether oxygens (including phenoxy) is 1. The minimum atomic E-state index is -0.871. The van der Waals surface area contributed by atoms with Crippen molar-refractivity contribution in [2.75, 3.05) is 26.7 Å². The average molecular weight is 570 g/mol. The molecule has 0 saturated carbocycles. The maximum absolute atomic E-state index is 13.9. The van der Waals surface area contributed by atoms with Crippen LogP contribution >= 0.6 is 0 Å². The fourth-order valence-electron chi connectivity index (χ4n) is 6.32. The number of hydrogen-bond acceptors (Lipinski definition) is 5. The zero-order valence-electron chi connectivity index (χ0n) is 24.1. The summed E-state index contributed by atoms with van der Waals surface area (Å²) < 4.78 is 5.80. The molecule has 1 fully saturated rings. The van der Waals surface area contributed by atoms with Gasteiger partial charge in [-0.25, -0.2) is 4.79 Å². The number of aliphatic carboxylic acids is 1. The number of hydrogen-bond donors (Lipinski definition) is 2. The summed E-state index contributed by atoms with van der Waals surface area (Å²) in [4.78, 5) is 42.3. The summed E-state index contributed by atoms with van der Waals surface area (Å²) in [6, 6.07) is 25.3. The largest absolute Gasteiger partial charge is 0.481 e. The molecule has 1 saturated heterocycles. The molecule has 5 rings (SSSR count). The van der Waals surface area contributed by atoms with E-state index in [0.29, 0.717) is 26.1 Å². The van der Waals surface area contributed by atoms with Crippen molar-refractivity contribution in [3.05, 3.63) is 95.6 Å². The second-order valence-electron chi connectivity index (χ2n) is 11.3. The summed E-state index contributed by atoms with van der Waals surface area (Å²) in [5.41, 5.74) is 5.64. The normalized spacial score (nSPS) is 16.9. The van der Waals surface area contributed by atoms with E-state index in [1.165, 1.54) is 0 Å². The lowest BCUT2D eigenvalue weighted by Crippen LogP contribution is -2.56. The maximum atomic E-state index is 13.9. The highest BCUT2D eigenvalue weighted by atomic mass is 16.5. The summed E-state index contributed by atoms with van der Waals surface area (Å²) in [7, 11) is 1.92. The van der Waals surface area contributed by atoms with Gasteiger partial charge in [0.25, 0.3) is 0 Å². The van der Waals surface area contributed by atoms with Crippen molar-refractivity contribution in [2.24, 2.45) is 0 Å². The first-order valence-electron chi connectivity index (χ1n) is 14.8. The maximum Gasteiger partial charge on any atom is 0.407 e. The fourth-order valence-corrected chi connectivity index (χ4v) is 6.32. The van der Waals surface area contributed by atoms with Crippen molar-refractivity contribution in [1.29, 1.82) is 0 Å². The van der Waals surface area contributed by atoms with E-state index in [-0.39, 0.29) is 30.9 Å². The molecule has 0 radical (unpaired) electrons. The molecule has 0 bridgehead atoms. The molecule has 0 spiro atoms. The monoisotopic (exact) mass is 569 g/mol. The Bertz CT molecular complexity index is 1350. The van der Waals surface area contributed by atoms with Gasteiger partial charge in [0.05, 0.1) is 0 Å². The fraction of sp³-hybridized carbons (Fsp3) is 0.382. The van der Waals surface area contributed by atoms with Crippen molar-refractivity contribution in [3.8, 4) is 11.1 Å². The Hall–Kier alpha value is -4.17. The number of carbonyl (C=O) groups excluding carboxylic acids is 2. The van der Waals surface area contributed by atoms with Crippen LogP contribution in [-0.4, -0.2) is 71.7 Å². The van der Waals surface area contributed by atoms with Gasteiger partial charge >= 0.3 is 12.1 Å². The zero-order chi connectivity index (χ0) is 29.5. The summed E-state index contributed by atoms with van der Waals surface area (Å²) >= 11 is 0. The SMILES string of the molecule is CN(Cc1ccccc1)CC(NC(=O)OCC1c2ccccc2-c2ccccc21)C(=O)N1CCCCC1CCC(=O)O. The second kappa shape index (κ2) is 13.7. The zero-order valence-corrected chi connectivity index (χ0v) is 24.1. The minimum absolute atomic E-state index is 0.00678. The molecular weight excluding hydrogens is 530 g/mol. The topological polar surface area (TPSA) is 99.2 Å². The van der Waals surface area contributed by atoms with Crippen LogP contribution in [0.2, 0.25) is 0 Å². The van der Waals surface area contributed by atoms with E-state index in [1.54, 1.807) is 4.90 Å². The van der Waals surface area contributed by atoms with Gasteiger partial charge in [0, 0.05) is 38.0 Å². The lowest BCUT2D eigenvalue weighted by molar-refractivity contribution is -0.141. The predicted octanol–water partition coefficient (Wildman–Crippen LogP) is 5.27. The number of alkyl carbamates (subject to hydrolysis) is 1. The van der Waals surface area contributed by atoms with E-state index < -0.39 is 18.1 Å². The van der Waals surface area contributed by atoms with Gasteiger partial charge in [-0.05, 0) is 60.5 Å². The molecule has 1 heterocycles. The molecule has 2 aliphatic rings. The Kier molecular flexibility index (Phi) is 9.54. The van der Waals surface area contributed by atoms with Crippen LogP contribution in [0, 0.1) is 0 Å². The molecule has 3 aromatic carbocycles. The number of benzene rings is 3. The first-order valence-corrected chi connectivity index (χ1v) is 14.8. The minimum Gasteiger partial charge on any atom is -0.481 e. The van der Waals surface area contributed by atoms with Crippen LogP contribution < -0.4 is 5.32 Å². The number of carbonyl (C=O) groups is 3. The van der Waals surface area contributed by atoms with Crippen molar-refractivity contribution >= 4 is 18.0 Å². The van der Waals surface area contributed by atoms with Crippen LogP contribution in [0.5, 0.6) is 0 Å². The average Bonchev–Trinajstić information content (AvgIpc) is 3.32. The van der Waals surface area contributed by atoms with E-state index in [9.17, 15) is 19.5 Å². The van der Waals surface area contributed by atoms with Gasteiger partial charge in [-0.15, -0.1) is 0 Å². The van der Waals surface area contributed by atoms with Crippen LogP contribution in [0.4, 0.5) is 4.79 Å². The van der Waals surface area contributed by atoms with Crippen LogP contribution in [0.25, 0.3) is 11.1 Å².